The highest BCUT2D eigenvalue weighted by atomic mass is 32.2. The van der Waals surface area contributed by atoms with Gasteiger partial charge in [0.25, 0.3) is 0 Å². The first-order valence-electron chi connectivity index (χ1n) is 7.43. The molecule has 1 aromatic heterocycles. The summed E-state index contributed by atoms with van der Waals surface area (Å²) < 4.78 is 27.7. The SMILES string of the molecule is N#CCCN(CC(=O)Nc1ccc(S(N)(=O)=O)cc1)Cc1ccco1. The summed E-state index contributed by atoms with van der Waals surface area (Å²) in [5.74, 6) is 0.413. The van der Waals surface area contributed by atoms with Gasteiger partial charge in [-0.3, -0.25) is 9.69 Å². The van der Waals surface area contributed by atoms with E-state index in [2.05, 4.69) is 5.32 Å². The van der Waals surface area contributed by atoms with Gasteiger partial charge in [0.15, 0.2) is 0 Å². The molecule has 0 unspecified atom stereocenters. The molecule has 25 heavy (non-hydrogen) atoms. The molecule has 0 spiro atoms. The van der Waals surface area contributed by atoms with Gasteiger partial charge in [0.2, 0.25) is 15.9 Å². The van der Waals surface area contributed by atoms with Crippen molar-refractivity contribution >= 4 is 21.6 Å². The molecule has 9 heteroatoms. The first-order chi connectivity index (χ1) is 11.9. The Bertz CT molecular complexity index is 839. The van der Waals surface area contributed by atoms with E-state index in [0.717, 1.165) is 0 Å². The maximum absolute atomic E-state index is 12.2. The third-order valence-corrected chi connectivity index (χ3v) is 4.26. The Hall–Kier alpha value is -2.67. The standard InChI is InChI=1S/C16H18N4O4S/c17-8-2-9-20(11-14-3-1-10-24-14)12-16(21)19-13-4-6-15(7-5-13)25(18,22)23/h1,3-7,10H,2,9,11-12H2,(H,19,21)(H2,18,22,23). The number of nitrogens with two attached hydrogens (primary N) is 1. The summed E-state index contributed by atoms with van der Waals surface area (Å²) in [6.45, 7) is 0.904. The second-order valence-corrected chi connectivity index (χ2v) is 6.88. The van der Waals surface area contributed by atoms with Crippen molar-refractivity contribution in [2.45, 2.75) is 17.9 Å². The van der Waals surface area contributed by atoms with E-state index in [-0.39, 0.29) is 23.8 Å². The number of hydrogen-bond donors (Lipinski definition) is 2. The zero-order valence-electron chi connectivity index (χ0n) is 13.4. The van der Waals surface area contributed by atoms with E-state index < -0.39 is 10.0 Å². The summed E-state index contributed by atoms with van der Waals surface area (Å²) >= 11 is 0. The van der Waals surface area contributed by atoms with Crippen LogP contribution in [0.5, 0.6) is 0 Å². The van der Waals surface area contributed by atoms with Crippen molar-refractivity contribution in [3.05, 3.63) is 48.4 Å². The molecule has 2 rings (SSSR count). The molecule has 0 saturated carbocycles. The van der Waals surface area contributed by atoms with E-state index in [0.29, 0.717) is 24.5 Å². The maximum atomic E-state index is 12.2. The molecule has 2 aromatic rings. The highest BCUT2D eigenvalue weighted by Gasteiger charge is 2.13. The monoisotopic (exact) mass is 362 g/mol. The topological polar surface area (TPSA) is 129 Å². The van der Waals surface area contributed by atoms with Crippen LogP contribution in [-0.4, -0.2) is 32.3 Å². The van der Waals surface area contributed by atoms with E-state index in [9.17, 15) is 13.2 Å². The zero-order valence-corrected chi connectivity index (χ0v) is 14.2. The highest BCUT2D eigenvalue weighted by molar-refractivity contribution is 7.89. The van der Waals surface area contributed by atoms with Gasteiger partial charge >= 0.3 is 0 Å². The Morgan fingerprint density at radius 3 is 2.56 bits per heavy atom. The van der Waals surface area contributed by atoms with Crippen molar-refractivity contribution < 1.29 is 17.6 Å². The minimum absolute atomic E-state index is 0.0287. The number of benzene rings is 1. The molecular weight excluding hydrogens is 344 g/mol. The number of nitrogens with one attached hydrogen (secondary N) is 1. The summed E-state index contributed by atoms with van der Waals surface area (Å²) in [6, 6.07) is 11.2. The first kappa shape index (κ1) is 18.7. The highest BCUT2D eigenvalue weighted by Crippen LogP contribution is 2.13. The van der Waals surface area contributed by atoms with Gasteiger partial charge < -0.3 is 9.73 Å². The summed E-state index contributed by atoms with van der Waals surface area (Å²) in [4.78, 5) is 13.9. The van der Waals surface area contributed by atoms with Gasteiger partial charge in [-0.25, -0.2) is 13.6 Å². The van der Waals surface area contributed by atoms with E-state index >= 15 is 0 Å². The average molecular weight is 362 g/mol. The number of hydrogen-bond acceptors (Lipinski definition) is 6. The Morgan fingerprint density at radius 2 is 2.00 bits per heavy atom. The second-order valence-electron chi connectivity index (χ2n) is 5.32. The number of carbonyl (C=O) groups is 1. The van der Waals surface area contributed by atoms with E-state index in [1.54, 1.807) is 23.3 Å². The van der Waals surface area contributed by atoms with Crippen LogP contribution in [0.25, 0.3) is 0 Å². The molecule has 0 fully saturated rings. The molecule has 1 heterocycles. The number of anilines is 1. The van der Waals surface area contributed by atoms with Crippen LogP contribution in [0.15, 0.2) is 52.0 Å². The lowest BCUT2D eigenvalue weighted by atomic mass is 10.3. The minimum atomic E-state index is -3.77. The molecule has 3 N–H and O–H groups in total. The lowest BCUT2D eigenvalue weighted by molar-refractivity contribution is -0.117. The number of carbonyl (C=O) groups excluding carboxylic acids is 1. The Balaban J connectivity index is 1.96. The Kier molecular flexibility index (Phi) is 6.30. The van der Waals surface area contributed by atoms with Crippen LogP contribution in [0.3, 0.4) is 0 Å². The van der Waals surface area contributed by atoms with E-state index in [1.165, 1.54) is 24.3 Å². The van der Waals surface area contributed by atoms with Crippen LogP contribution in [0.4, 0.5) is 5.69 Å². The smallest absolute Gasteiger partial charge is 0.238 e. The van der Waals surface area contributed by atoms with Gasteiger partial charge in [-0.1, -0.05) is 0 Å². The summed E-state index contributed by atoms with van der Waals surface area (Å²) in [5.41, 5.74) is 0.454. The normalized spacial score (nSPS) is 11.2. The van der Waals surface area contributed by atoms with Crippen LogP contribution >= 0.6 is 0 Å². The molecule has 8 nitrogen and oxygen atoms in total. The number of nitrogens with zero attached hydrogens (tertiary/aromatic N) is 2. The molecule has 0 bridgehead atoms. The molecular formula is C16H18N4O4S. The fourth-order valence-electron chi connectivity index (χ4n) is 2.18. The lowest BCUT2D eigenvalue weighted by Crippen LogP contribution is -2.33. The number of primary sulfonamides is 1. The summed E-state index contributed by atoms with van der Waals surface area (Å²) in [6.07, 6.45) is 1.84. The quantitative estimate of drug-likeness (QED) is 0.727. The first-order valence-corrected chi connectivity index (χ1v) is 8.97. The number of furan rings is 1. The van der Waals surface area contributed by atoms with Crippen molar-refractivity contribution in [3.63, 3.8) is 0 Å². The fraction of sp³-hybridized carbons (Fsp3) is 0.250. The van der Waals surface area contributed by atoms with Crippen LogP contribution in [0.1, 0.15) is 12.2 Å². The van der Waals surface area contributed by atoms with Gasteiger partial charge in [0.05, 0.1) is 30.3 Å². The molecule has 0 aliphatic carbocycles. The lowest BCUT2D eigenvalue weighted by Gasteiger charge is -2.19. The molecule has 1 aromatic carbocycles. The van der Waals surface area contributed by atoms with Crippen molar-refractivity contribution in [3.8, 4) is 6.07 Å². The predicted octanol–water partition coefficient (Wildman–Crippen LogP) is 1.28. The third-order valence-electron chi connectivity index (χ3n) is 3.33. The molecule has 132 valence electrons. The van der Waals surface area contributed by atoms with Crippen molar-refractivity contribution in [2.24, 2.45) is 5.14 Å². The molecule has 0 saturated heterocycles. The molecule has 0 radical (unpaired) electrons. The summed E-state index contributed by atoms with van der Waals surface area (Å²) in [7, 11) is -3.77. The van der Waals surface area contributed by atoms with Crippen LogP contribution < -0.4 is 10.5 Å². The fourth-order valence-corrected chi connectivity index (χ4v) is 2.69. The van der Waals surface area contributed by atoms with Gasteiger partial charge in [-0.05, 0) is 36.4 Å². The van der Waals surface area contributed by atoms with Gasteiger partial charge in [-0.15, -0.1) is 0 Å². The Morgan fingerprint density at radius 1 is 1.28 bits per heavy atom. The van der Waals surface area contributed by atoms with Gasteiger partial charge in [0, 0.05) is 18.7 Å². The van der Waals surface area contributed by atoms with Crippen molar-refractivity contribution in [1.82, 2.24) is 4.90 Å². The van der Waals surface area contributed by atoms with E-state index in [4.69, 9.17) is 14.8 Å². The molecule has 0 aliphatic rings. The predicted molar refractivity (Wildman–Crippen MR) is 90.7 cm³/mol. The van der Waals surface area contributed by atoms with Crippen molar-refractivity contribution in [2.75, 3.05) is 18.4 Å². The van der Waals surface area contributed by atoms with E-state index in [1.807, 2.05) is 6.07 Å². The number of amides is 1. The van der Waals surface area contributed by atoms with Gasteiger partial charge in [0.1, 0.15) is 5.76 Å². The zero-order chi connectivity index (χ0) is 18.3. The van der Waals surface area contributed by atoms with Crippen LogP contribution in [0, 0.1) is 11.3 Å². The number of sulfonamides is 1. The number of nitriles is 1. The van der Waals surface area contributed by atoms with Crippen molar-refractivity contribution in [1.29, 1.82) is 5.26 Å². The minimum Gasteiger partial charge on any atom is -0.468 e. The van der Waals surface area contributed by atoms with Gasteiger partial charge in [-0.2, -0.15) is 5.26 Å². The largest absolute Gasteiger partial charge is 0.468 e. The molecule has 0 atom stereocenters. The Labute approximate surface area is 145 Å². The molecule has 1 amide bonds. The third kappa shape index (κ3) is 6.04. The summed E-state index contributed by atoms with van der Waals surface area (Å²) in [5, 5.41) is 16.4. The second kappa shape index (κ2) is 8.43. The number of rotatable bonds is 8. The maximum Gasteiger partial charge on any atom is 0.238 e. The van der Waals surface area contributed by atoms with Crippen LogP contribution in [-0.2, 0) is 21.4 Å². The molecule has 0 aliphatic heterocycles. The van der Waals surface area contributed by atoms with Crippen LogP contribution in [0.2, 0.25) is 0 Å². The average Bonchev–Trinajstić information content (AvgIpc) is 3.05.